The fourth-order valence-electron chi connectivity index (χ4n) is 11.5. The van der Waals surface area contributed by atoms with Gasteiger partial charge in [0, 0.05) is 12.8 Å². The number of ether oxygens (including phenoxy) is 1. The highest BCUT2D eigenvalue weighted by molar-refractivity contribution is 5.76. The summed E-state index contributed by atoms with van der Waals surface area (Å²) in [5.74, 6) is -0.0275. The Balaban J connectivity index is 3.38. The maximum absolute atomic E-state index is 12.6. The van der Waals surface area contributed by atoms with Gasteiger partial charge in [0.15, 0.2) is 0 Å². The van der Waals surface area contributed by atoms with Crippen molar-refractivity contribution in [1.82, 2.24) is 5.32 Å². The summed E-state index contributed by atoms with van der Waals surface area (Å²) in [7, 11) is 0. The lowest BCUT2D eigenvalue weighted by Gasteiger charge is -2.22. The smallest absolute Gasteiger partial charge is 0.305 e. The van der Waals surface area contributed by atoms with Crippen molar-refractivity contribution in [2.45, 2.75) is 418 Å². The van der Waals surface area contributed by atoms with Gasteiger partial charge < -0.3 is 20.3 Å². The predicted octanol–water partition coefficient (Wildman–Crippen LogP) is 23.9. The highest BCUT2D eigenvalue weighted by Gasteiger charge is 2.20. The molecule has 0 radical (unpaired) electrons. The van der Waals surface area contributed by atoms with Crippen LogP contribution in [0.25, 0.3) is 0 Å². The number of nitrogens with one attached hydrogen (secondary N) is 1. The molecule has 6 heteroatoms. The number of unbranched alkanes of at least 4 members (excludes halogenated alkanes) is 52. The second-order valence-corrected chi connectivity index (χ2v) is 25.3. The Hall–Kier alpha value is -1.92. The summed E-state index contributed by atoms with van der Waals surface area (Å²) >= 11 is 0. The molecule has 2 unspecified atom stereocenters. The number of carbonyl (C=O) groups excluding carboxylic acids is 2. The van der Waals surface area contributed by atoms with E-state index in [1.165, 1.54) is 321 Å². The molecule has 0 spiro atoms. The van der Waals surface area contributed by atoms with Crippen molar-refractivity contribution < 1.29 is 24.5 Å². The Morgan fingerprint density at radius 1 is 0.346 bits per heavy atom. The Bertz CT molecular complexity index is 1310. The van der Waals surface area contributed by atoms with Crippen LogP contribution in [0.2, 0.25) is 0 Å². The second kappa shape index (κ2) is 70.6. The number of hydrogen-bond acceptors (Lipinski definition) is 5. The minimum Gasteiger partial charge on any atom is -0.466 e. The van der Waals surface area contributed by atoms with Gasteiger partial charge in [-0.3, -0.25) is 9.59 Å². The summed E-state index contributed by atoms with van der Waals surface area (Å²) in [6.45, 7) is 4.94. The van der Waals surface area contributed by atoms with Gasteiger partial charge in [-0.05, 0) is 77.0 Å². The third-order valence-electron chi connectivity index (χ3n) is 17.2. The summed E-state index contributed by atoms with van der Waals surface area (Å²) in [5, 5.41) is 23.4. The molecule has 0 aliphatic carbocycles. The van der Waals surface area contributed by atoms with Crippen LogP contribution < -0.4 is 5.32 Å². The summed E-state index contributed by atoms with van der Waals surface area (Å²) in [5.41, 5.74) is 0. The average Bonchev–Trinajstić information content (AvgIpc) is 3.47. The van der Waals surface area contributed by atoms with Crippen LogP contribution in [-0.4, -0.2) is 47.4 Å². The average molecular weight is 1140 g/mol. The van der Waals surface area contributed by atoms with E-state index in [9.17, 15) is 19.8 Å². The van der Waals surface area contributed by atoms with Gasteiger partial charge in [-0.2, -0.15) is 0 Å². The lowest BCUT2D eigenvalue weighted by Crippen LogP contribution is -2.45. The van der Waals surface area contributed by atoms with Crippen LogP contribution in [0.15, 0.2) is 36.5 Å². The first-order valence-corrected chi connectivity index (χ1v) is 36.7. The van der Waals surface area contributed by atoms with Crippen LogP contribution in [0.1, 0.15) is 406 Å². The fourth-order valence-corrected chi connectivity index (χ4v) is 11.5. The van der Waals surface area contributed by atoms with Gasteiger partial charge in [-0.15, -0.1) is 0 Å². The predicted molar refractivity (Wildman–Crippen MR) is 356 cm³/mol. The molecule has 0 saturated heterocycles. The van der Waals surface area contributed by atoms with Crippen LogP contribution in [0, 0.1) is 0 Å². The molecule has 0 aliphatic rings. The summed E-state index contributed by atoms with van der Waals surface area (Å²) in [6.07, 6.45) is 90.6. The van der Waals surface area contributed by atoms with E-state index in [2.05, 4.69) is 55.6 Å². The van der Waals surface area contributed by atoms with Gasteiger partial charge in [0.1, 0.15) is 0 Å². The molecule has 0 aromatic heterocycles. The SMILES string of the molecule is CCCC/C=C\C/C=C\CCCCCCCC(=O)OCCCCCCCCCCCCCC/C=C\CCCCCCCCCCCCCCCC(=O)NC(CO)C(O)CCCCCCCCCCCCCCCCCCCCCCC. The molecule has 2 atom stereocenters. The molecule has 478 valence electrons. The highest BCUT2D eigenvalue weighted by Crippen LogP contribution is 2.19. The van der Waals surface area contributed by atoms with Crippen molar-refractivity contribution in [3.63, 3.8) is 0 Å². The van der Waals surface area contributed by atoms with Gasteiger partial charge in [0.05, 0.1) is 25.4 Å². The van der Waals surface area contributed by atoms with Crippen molar-refractivity contribution in [2.75, 3.05) is 13.2 Å². The maximum Gasteiger partial charge on any atom is 0.305 e. The Morgan fingerprint density at radius 2 is 0.630 bits per heavy atom. The molecule has 81 heavy (non-hydrogen) atoms. The molecule has 0 rings (SSSR count). The molecule has 3 N–H and O–H groups in total. The maximum atomic E-state index is 12.6. The second-order valence-electron chi connectivity index (χ2n) is 25.3. The lowest BCUT2D eigenvalue weighted by molar-refractivity contribution is -0.143. The number of aliphatic hydroxyl groups is 2. The van der Waals surface area contributed by atoms with E-state index in [0.29, 0.717) is 25.9 Å². The molecule has 0 fully saturated rings. The molecule has 0 aromatic rings. The van der Waals surface area contributed by atoms with Crippen LogP contribution in [-0.2, 0) is 14.3 Å². The Labute approximate surface area is 506 Å². The standard InChI is InChI=1S/C75H143NO5/c1-3-5-7-9-11-13-15-17-19-20-21-31-34-37-40-43-47-51-55-59-63-67-73(78)72(71-77)76-74(79)68-64-60-56-52-48-44-41-38-35-32-29-27-25-23-22-24-26-28-30-33-36-39-42-46-50-54-58-62-66-70-81-75(80)69-65-61-57-53-49-45-18-16-14-12-10-8-6-4-2/h10,12,16,18,22,24,72-73,77-78H,3-9,11,13-15,17,19-21,23,25-71H2,1-2H3,(H,76,79)/b12-10-,18-16-,24-22-. The van der Waals surface area contributed by atoms with E-state index >= 15 is 0 Å². The fraction of sp³-hybridized carbons (Fsp3) is 0.893. The van der Waals surface area contributed by atoms with Crippen LogP contribution in [0.4, 0.5) is 0 Å². The van der Waals surface area contributed by atoms with Gasteiger partial charge in [0.25, 0.3) is 0 Å². The third kappa shape index (κ3) is 67.1. The van der Waals surface area contributed by atoms with E-state index in [1.54, 1.807) is 0 Å². The minimum absolute atomic E-state index is 0.00235. The van der Waals surface area contributed by atoms with Crippen LogP contribution >= 0.6 is 0 Å². The molecule has 0 bridgehead atoms. The number of esters is 1. The van der Waals surface area contributed by atoms with E-state index < -0.39 is 12.1 Å². The Kier molecular flexibility index (Phi) is 68.9. The first kappa shape index (κ1) is 79.1. The Morgan fingerprint density at radius 3 is 0.988 bits per heavy atom. The summed E-state index contributed by atoms with van der Waals surface area (Å²) < 4.78 is 5.48. The van der Waals surface area contributed by atoms with Crippen LogP contribution in [0.3, 0.4) is 0 Å². The van der Waals surface area contributed by atoms with Crippen molar-refractivity contribution >= 4 is 11.9 Å². The molecular weight excluding hydrogens is 995 g/mol. The van der Waals surface area contributed by atoms with E-state index in [0.717, 1.165) is 51.4 Å². The third-order valence-corrected chi connectivity index (χ3v) is 17.2. The number of amides is 1. The van der Waals surface area contributed by atoms with E-state index in [-0.39, 0.29) is 18.5 Å². The number of rotatable bonds is 69. The van der Waals surface area contributed by atoms with Crippen molar-refractivity contribution in [2.24, 2.45) is 0 Å². The largest absolute Gasteiger partial charge is 0.466 e. The molecular formula is C75H143NO5. The van der Waals surface area contributed by atoms with Crippen molar-refractivity contribution in [3.8, 4) is 0 Å². The van der Waals surface area contributed by atoms with E-state index in [4.69, 9.17) is 4.74 Å². The number of carbonyl (C=O) groups is 2. The zero-order chi connectivity index (χ0) is 58.5. The monoisotopic (exact) mass is 1140 g/mol. The minimum atomic E-state index is -0.665. The number of aliphatic hydroxyl groups excluding tert-OH is 2. The normalized spacial score (nSPS) is 12.7. The first-order valence-electron chi connectivity index (χ1n) is 36.7. The molecule has 0 aromatic carbocycles. The van der Waals surface area contributed by atoms with Gasteiger partial charge in [0.2, 0.25) is 5.91 Å². The molecule has 1 amide bonds. The lowest BCUT2D eigenvalue weighted by atomic mass is 10.0. The van der Waals surface area contributed by atoms with Gasteiger partial charge in [-0.25, -0.2) is 0 Å². The van der Waals surface area contributed by atoms with Crippen LogP contribution in [0.5, 0.6) is 0 Å². The van der Waals surface area contributed by atoms with E-state index in [1.807, 2.05) is 0 Å². The topological polar surface area (TPSA) is 95.9 Å². The zero-order valence-electron chi connectivity index (χ0n) is 54.8. The molecule has 0 heterocycles. The number of hydrogen-bond donors (Lipinski definition) is 3. The molecule has 0 aliphatic heterocycles. The molecule has 6 nitrogen and oxygen atoms in total. The zero-order valence-corrected chi connectivity index (χ0v) is 54.8. The van der Waals surface area contributed by atoms with Gasteiger partial charge in [-0.1, -0.05) is 352 Å². The van der Waals surface area contributed by atoms with Crippen molar-refractivity contribution in [1.29, 1.82) is 0 Å². The van der Waals surface area contributed by atoms with Crippen molar-refractivity contribution in [3.05, 3.63) is 36.5 Å². The molecule has 0 saturated carbocycles. The van der Waals surface area contributed by atoms with Gasteiger partial charge >= 0.3 is 5.97 Å². The quantitative estimate of drug-likeness (QED) is 0.0320. The summed E-state index contributed by atoms with van der Waals surface area (Å²) in [4.78, 5) is 24.6. The highest BCUT2D eigenvalue weighted by atomic mass is 16.5. The first-order chi connectivity index (χ1) is 40.0. The number of allylic oxidation sites excluding steroid dienone is 6. The summed E-state index contributed by atoms with van der Waals surface area (Å²) in [6, 6.07) is -0.542.